The molecule has 2 heterocycles. The van der Waals surface area contributed by atoms with Gasteiger partial charge in [0.25, 0.3) is 5.56 Å². The Morgan fingerprint density at radius 1 is 1.08 bits per heavy atom. The molecule has 1 aliphatic heterocycles. The second-order valence-corrected chi connectivity index (χ2v) is 7.42. The Bertz CT molecular complexity index is 743. The fraction of sp³-hybridized carbons (Fsp3) is 0.524. The standard InChI is InChI=1S/C21H29N3O/c1-16(2)19-14-20(25)23-21(22-19)18-10-8-9-17(13-18)15-24-11-6-4-3-5-7-12-24/h8-10,13-14,16H,3-7,11-12,15H2,1-2H3,(H,22,23,25). The van der Waals surface area contributed by atoms with E-state index in [-0.39, 0.29) is 11.5 Å². The highest BCUT2D eigenvalue weighted by atomic mass is 16.1. The quantitative estimate of drug-likeness (QED) is 0.902. The van der Waals surface area contributed by atoms with Crippen molar-refractivity contribution < 1.29 is 0 Å². The number of nitrogens with one attached hydrogen (secondary N) is 1. The number of rotatable bonds is 4. The molecule has 4 nitrogen and oxygen atoms in total. The third-order valence-electron chi connectivity index (χ3n) is 4.91. The Morgan fingerprint density at radius 3 is 2.52 bits per heavy atom. The molecule has 0 saturated carbocycles. The number of hydrogen-bond acceptors (Lipinski definition) is 3. The van der Waals surface area contributed by atoms with Crippen LogP contribution in [-0.2, 0) is 6.54 Å². The third-order valence-corrected chi connectivity index (χ3v) is 4.91. The van der Waals surface area contributed by atoms with E-state index in [0.29, 0.717) is 5.82 Å². The maximum atomic E-state index is 12.0. The van der Waals surface area contributed by atoms with E-state index in [1.165, 1.54) is 50.8 Å². The van der Waals surface area contributed by atoms with Crippen molar-refractivity contribution in [3.8, 4) is 11.4 Å². The minimum Gasteiger partial charge on any atom is -0.307 e. The second-order valence-electron chi connectivity index (χ2n) is 7.42. The Kier molecular flexibility index (Phi) is 6.03. The van der Waals surface area contributed by atoms with Crippen molar-refractivity contribution in [2.24, 2.45) is 0 Å². The topological polar surface area (TPSA) is 49.0 Å². The van der Waals surface area contributed by atoms with Gasteiger partial charge < -0.3 is 4.98 Å². The van der Waals surface area contributed by atoms with Crippen molar-refractivity contribution in [1.82, 2.24) is 14.9 Å². The first-order valence-electron chi connectivity index (χ1n) is 9.55. The van der Waals surface area contributed by atoms with Crippen LogP contribution in [0.5, 0.6) is 0 Å². The van der Waals surface area contributed by atoms with Gasteiger partial charge in [-0.3, -0.25) is 9.69 Å². The minimum absolute atomic E-state index is 0.0807. The number of aromatic amines is 1. The first kappa shape index (κ1) is 17.9. The van der Waals surface area contributed by atoms with Crippen LogP contribution in [0.2, 0.25) is 0 Å². The zero-order valence-corrected chi connectivity index (χ0v) is 15.4. The summed E-state index contributed by atoms with van der Waals surface area (Å²) in [5, 5.41) is 0. The first-order valence-corrected chi connectivity index (χ1v) is 9.55. The molecule has 0 radical (unpaired) electrons. The first-order chi connectivity index (χ1) is 12.1. The van der Waals surface area contributed by atoms with Crippen LogP contribution in [-0.4, -0.2) is 28.0 Å². The number of likely N-dealkylation sites (tertiary alicyclic amines) is 1. The van der Waals surface area contributed by atoms with Crippen LogP contribution in [0.4, 0.5) is 0 Å². The molecule has 1 N–H and O–H groups in total. The van der Waals surface area contributed by atoms with Crippen LogP contribution in [0, 0.1) is 0 Å². The van der Waals surface area contributed by atoms with Crippen molar-refractivity contribution in [2.45, 2.75) is 58.4 Å². The molecule has 0 spiro atoms. The molecule has 0 unspecified atom stereocenters. The Hall–Kier alpha value is -1.94. The molecule has 134 valence electrons. The minimum atomic E-state index is -0.0807. The molecule has 4 heteroatoms. The predicted octanol–water partition coefficient (Wildman–Crippen LogP) is 4.33. The Balaban J connectivity index is 1.80. The lowest BCUT2D eigenvalue weighted by Crippen LogP contribution is -2.26. The van der Waals surface area contributed by atoms with Crippen LogP contribution in [0.1, 0.15) is 63.1 Å². The molecule has 2 aromatic rings. The highest BCUT2D eigenvalue weighted by Crippen LogP contribution is 2.20. The second kappa shape index (κ2) is 8.43. The van der Waals surface area contributed by atoms with Gasteiger partial charge in [-0.1, -0.05) is 51.3 Å². The fourth-order valence-electron chi connectivity index (χ4n) is 3.46. The zero-order valence-electron chi connectivity index (χ0n) is 15.4. The summed E-state index contributed by atoms with van der Waals surface area (Å²) in [6, 6.07) is 10.0. The van der Waals surface area contributed by atoms with E-state index in [0.717, 1.165) is 17.8 Å². The monoisotopic (exact) mass is 339 g/mol. The molecule has 1 saturated heterocycles. The number of H-pyrrole nitrogens is 1. The lowest BCUT2D eigenvalue weighted by Gasteiger charge is -2.24. The molecule has 1 aliphatic rings. The van der Waals surface area contributed by atoms with Gasteiger partial charge in [-0.2, -0.15) is 0 Å². The van der Waals surface area contributed by atoms with Gasteiger partial charge in [0.2, 0.25) is 0 Å². The smallest absolute Gasteiger partial charge is 0.251 e. The Morgan fingerprint density at radius 2 is 1.80 bits per heavy atom. The van der Waals surface area contributed by atoms with E-state index in [4.69, 9.17) is 0 Å². The average molecular weight is 339 g/mol. The van der Waals surface area contributed by atoms with Crippen LogP contribution in [0.25, 0.3) is 11.4 Å². The summed E-state index contributed by atoms with van der Waals surface area (Å²) in [5.74, 6) is 0.913. The van der Waals surface area contributed by atoms with Gasteiger partial charge in [0, 0.05) is 18.2 Å². The van der Waals surface area contributed by atoms with E-state index < -0.39 is 0 Å². The van der Waals surface area contributed by atoms with Crippen LogP contribution in [0.3, 0.4) is 0 Å². The summed E-state index contributed by atoms with van der Waals surface area (Å²) < 4.78 is 0. The molecule has 0 atom stereocenters. The molecule has 1 aromatic carbocycles. The fourth-order valence-corrected chi connectivity index (χ4v) is 3.46. The van der Waals surface area contributed by atoms with Gasteiger partial charge in [-0.05, 0) is 43.5 Å². The highest BCUT2D eigenvalue weighted by molar-refractivity contribution is 5.56. The molecular weight excluding hydrogens is 310 g/mol. The average Bonchev–Trinajstić information content (AvgIpc) is 2.57. The molecule has 1 aromatic heterocycles. The van der Waals surface area contributed by atoms with E-state index >= 15 is 0 Å². The SMILES string of the molecule is CC(C)c1cc(=O)[nH]c(-c2cccc(CN3CCCCCCC3)c2)n1. The normalized spacial score (nSPS) is 16.6. The van der Waals surface area contributed by atoms with E-state index in [1.807, 2.05) is 6.07 Å². The van der Waals surface area contributed by atoms with Gasteiger partial charge >= 0.3 is 0 Å². The molecule has 0 amide bonds. The summed E-state index contributed by atoms with van der Waals surface area (Å²) in [4.78, 5) is 22.0. The van der Waals surface area contributed by atoms with Gasteiger partial charge in [-0.15, -0.1) is 0 Å². The van der Waals surface area contributed by atoms with Crippen LogP contribution in [0.15, 0.2) is 35.1 Å². The number of hydrogen-bond donors (Lipinski definition) is 1. The molecule has 25 heavy (non-hydrogen) atoms. The van der Waals surface area contributed by atoms with Crippen LogP contribution < -0.4 is 5.56 Å². The van der Waals surface area contributed by atoms with Crippen molar-refractivity contribution in [2.75, 3.05) is 13.1 Å². The third kappa shape index (κ3) is 5.02. The maximum Gasteiger partial charge on any atom is 0.251 e. The van der Waals surface area contributed by atoms with Gasteiger partial charge in [0.15, 0.2) is 0 Å². The summed E-state index contributed by atoms with van der Waals surface area (Å²) in [6.45, 7) is 7.46. The Labute approximate surface area is 150 Å². The van der Waals surface area contributed by atoms with E-state index in [9.17, 15) is 4.79 Å². The van der Waals surface area contributed by atoms with Gasteiger partial charge in [-0.25, -0.2) is 4.98 Å². The molecule has 3 rings (SSSR count). The van der Waals surface area contributed by atoms with Gasteiger partial charge in [0.05, 0.1) is 5.69 Å². The summed E-state index contributed by atoms with van der Waals surface area (Å²) in [6.07, 6.45) is 6.68. The largest absolute Gasteiger partial charge is 0.307 e. The predicted molar refractivity (Wildman–Crippen MR) is 103 cm³/mol. The lowest BCUT2D eigenvalue weighted by atomic mass is 10.1. The van der Waals surface area contributed by atoms with Crippen molar-refractivity contribution in [3.63, 3.8) is 0 Å². The highest BCUT2D eigenvalue weighted by Gasteiger charge is 2.11. The van der Waals surface area contributed by atoms with Crippen molar-refractivity contribution in [3.05, 3.63) is 51.9 Å². The molecule has 0 bridgehead atoms. The number of aromatic nitrogens is 2. The van der Waals surface area contributed by atoms with Crippen molar-refractivity contribution >= 4 is 0 Å². The van der Waals surface area contributed by atoms with Crippen molar-refractivity contribution in [1.29, 1.82) is 0 Å². The van der Waals surface area contributed by atoms with Gasteiger partial charge in [0.1, 0.15) is 5.82 Å². The summed E-state index contributed by atoms with van der Waals surface area (Å²) in [5.41, 5.74) is 3.04. The maximum absolute atomic E-state index is 12.0. The lowest BCUT2D eigenvalue weighted by molar-refractivity contribution is 0.240. The van der Waals surface area contributed by atoms with E-state index in [2.05, 4.69) is 46.9 Å². The number of nitrogens with zero attached hydrogens (tertiary/aromatic N) is 2. The van der Waals surface area contributed by atoms with E-state index in [1.54, 1.807) is 6.07 Å². The van der Waals surface area contributed by atoms with Crippen LogP contribution >= 0.6 is 0 Å². The molecule has 1 fully saturated rings. The number of benzene rings is 1. The molecular formula is C21H29N3O. The summed E-state index contributed by atoms with van der Waals surface area (Å²) in [7, 11) is 0. The summed E-state index contributed by atoms with van der Waals surface area (Å²) >= 11 is 0. The zero-order chi connectivity index (χ0) is 17.6. The molecule has 0 aliphatic carbocycles.